The number of benzene rings is 3. The van der Waals surface area contributed by atoms with E-state index < -0.39 is 5.82 Å². The van der Waals surface area contributed by atoms with E-state index in [0.717, 1.165) is 61.4 Å². The van der Waals surface area contributed by atoms with Crippen molar-refractivity contribution in [3.05, 3.63) is 99.0 Å². The summed E-state index contributed by atoms with van der Waals surface area (Å²) in [6.45, 7) is 4.92. The first-order chi connectivity index (χ1) is 18.1. The van der Waals surface area contributed by atoms with Crippen LogP contribution in [0.25, 0.3) is 22.7 Å². The lowest BCUT2D eigenvalue weighted by molar-refractivity contribution is 0.0369. The normalized spacial score (nSPS) is 16.9. The van der Waals surface area contributed by atoms with Gasteiger partial charge in [-0.05, 0) is 59.5 Å². The highest BCUT2D eigenvalue weighted by Gasteiger charge is 2.22. The molecule has 3 aromatic carbocycles. The Morgan fingerprint density at radius 3 is 2.70 bits per heavy atom. The molecule has 6 nitrogen and oxygen atoms in total. The van der Waals surface area contributed by atoms with Crippen molar-refractivity contribution < 1.29 is 18.3 Å². The van der Waals surface area contributed by atoms with Gasteiger partial charge in [-0.3, -0.25) is 9.47 Å². The van der Waals surface area contributed by atoms with Gasteiger partial charge < -0.3 is 14.5 Å². The van der Waals surface area contributed by atoms with Crippen LogP contribution in [0.3, 0.4) is 0 Å². The quantitative estimate of drug-likeness (QED) is 0.425. The minimum atomic E-state index is -0.418. The number of aromatic amines is 1. The Morgan fingerprint density at radius 2 is 1.84 bits per heavy atom. The number of nitrogens with zero attached hydrogens (tertiary/aromatic N) is 2. The molecule has 0 aliphatic carbocycles. The predicted octanol–water partition coefficient (Wildman–Crippen LogP) is 4.81. The Hall–Kier alpha value is -3.75. The molecule has 1 aromatic heterocycles. The van der Waals surface area contributed by atoms with Gasteiger partial charge in [-0.15, -0.1) is 0 Å². The van der Waals surface area contributed by atoms with Crippen LogP contribution >= 0.6 is 0 Å². The molecule has 190 valence electrons. The summed E-state index contributed by atoms with van der Waals surface area (Å²) in [4.78, 5) is 18.1. The van der Waals surface area contributed by atoms with E-state index in [9.17, 15) is 13.6 Å². The molecule has 0 radical (unpaired) electrons. The van der Waals surface area contributed by atoms with Crippen LogP contribution in [0.15, 0.2) is 59.4 Å². The summed E-state index contributed by atoms with van der Waals surface area (Å²) in [5.74, 6) is -0.424. The van der Waals surface area contributed by atoms with Crippen molar-refractivity contribution in [1.82, 2.24) is 14.5 Å². The third-order valence-corrected chi connectivity index (χ3v) is 7.08. The summed E-state index contributed by atoms with van der Waals surface area (Å²) in [7, 11) is 0. The first kappa shape index (κ1) is 23.6. The van der Waals surface area contributed by atoms with Crippen molar-refractivity contribution >= 4 is 22.7 Å². The average Bonchev–Trinajstić information content (AvgIpc) is 3.12. The molecule has 1 N–H and O–H groups in total. The van der Waals surface area contributed by atoms with Crippen LogP contribution < -0.4 is 10.4 Å². The van der Waals surface area contributed by atoms with Gasteiger partial charge in [-0.2, -0.15) is 0 Å². The highest BCUT2D eigenvalue weighted by Crippen LogP contribution is 2.39. The zero-order valence-electron chi connectivity index (χ0n) is 20.3. The molecule has 0 spiro atoms. The number of morpholine rings is 1. The smallest absolute Gasteiger partial charge is 0.326 e. The molecule has 2 aliphatic rings. The second kappa shape index (κ2) is 9.95. The second-order valence-electron chi connectivity index (χ2n) is 9.42. The Balaban J connectivity index is 1.35. The number of hydrogen-bond donors (Lipinski definition) is 1. The monoisotopic (exact) mass is 503 g/mol. The van der Waals surface area contributed by atoms with Crippen LogP contribution in [0.5, 0.6) is 5.75 Å². The molecule has 3 heterocycles. The van der Waals surface area contributed by atoms with Crippen molar-refractivity contribution in [2.75, 3.05) is 32.8 Å². The maximum absolute atomic E-state index is 14.7. The van der Waals surface area contributed by atoms with Gasteiger partial charge in [-0.25, -0.2) is 13.6 Å². The van der Waals surface area contributed by atoms with Gasteiger partial charge in [0, 0.05) is 43.4 Å². The van der Waals surface area contributed by atoms with Gasteiger partial charge in [0.2, 0.25) is 0 Å². The van der Waals surface area contributed by atoms with Crippen LogP contribution in [-0.4, -0.2) is 47.3 Å². The number of fused-ring (bicyclic) bond motifs is 3. The first-order valence-electron chi connectivity index (χ1n) is 12.5. The van der Waals surface area contributed by atoms with E-state index in [4.69, 9.17) is 9.47 Å². The Labute approximate surface area is 212 Å². The number of ether oxygens (including phenoxy) is 2. The Kier molecular flexibility index (Phi) is 6.36. The molecular weight excluding hydrogens is 476 g/mol. The van der Waals surface area contributed by atoms with Gasteiger partial charge in [-0.1, -0.05) is 18.2 Å². The van der Waals surface area contributed by atoms with Crippen LogP contribution in [0.1, 0.15) is 28.7 Å². The van der Waals surface area contributed by atoms with Gasteiger partial charge in [0.1, 0.15) is 24.0 Å². The molecule has 0 atom stereocenters. The fraction of sp³-hybridized carbons (Fsp3) is 0.276. The van der Waals surface area contributed by atoms with Gasteiger partial charge in [0.15, 0.2) is 0 Å². The van der Waals surface area contributed by atoms with Gasteiger partial charge >= 0.3 is 5.69 Å². The van der Waals surface area contributed by atoms with Crippen LogP contribution in [0.4, 0.5) is 8.78 Å². The largest absolute Gasteiger partial charge is 0.488 e. The van der Waals surface area contributed by atoms with E-state index in [1.54, 1.807) is 16.7 Å². The zero-order valence-corrected chi connectivity index (χ0v) is 20.3. The number of aryl methyl sites for hydroxylation is 1. The molecule has 4 aromatic rings. The fourth-order valence-electron chi connectivity index (χ4n) is 5.18. The number of nitrogens with one attached hydrogen (secondary N) is 1. The number of aromatic nitrogens is 2. The molecule has 8 heteroatoms. The molecule has 0 amide bonds. The van der Waals surface area contributed by atoms with E-state index in [1.807, 2.05) is 30.3 Å². The summed E-state index contributed by atoms with van der Waals surface area (Å²) < 4.78 is 41.7. The lowest BCUT2D eigenvalue weighted by Gasteiger charge is -2.26. The third-order valence-electron chi connectivity index (χ3n) is 7.08. The molecule has 1 fully saturated rings. The van der Waals surface area contributed by atoms with Gasteiger partial charge in [0.05, 0.1) is 24.2 Å². The van der Waals surface area contributed by atoms with Crippen LogP contribution in [-0.2, 0) is 17.9 Å². The number of halogens is 2. The standard InChI is InChI=1S/C29H27F2N3O3/c30-20-6-7-22-23(21-3-1-4-25(31)24(21)18-37-28(22)17-20)15-19-5-8-27-26(16-19)32-29(35)34(27)10-2-9-33-11-13-36-14-12-33/h1,3-8,15-17H,2,9-14,18H2,(H,32,35)/b23-15+. The van der Waals surface area contributed by atoms with Crippen molar-refractivity contribution in [3.8, 4) is 5.75 Å². The maximum atomic E-state index is 14.7. The highest BCUT2D eigenvalue weighted by atomic mass is 19.1. The summed E-state index contributed by atoms with van der Waals surface area (Å²) in [5, 5.41) is 0. The zero-order chi connectivity index (χ0) is 25.4. The molecule has 6 rings (SSSR count). The van der Waals surface area contributed by atoms with E-state index in [0.29, 0.717) is 29.0 Å². The number of H-pyrrole nitrogens is 1. The van der Waals surface area contributed by atoms with Gasteiger partial charge in [0.25, 0.3) is 0 Å². The fourth-order valence-corrected chi connectivity index (χ4v) is 5.18. The Morgan fingerprint density at radius 1 is 0.973 bits per heavy atom. The summed E-state index contributed by atoms with van der Waals surface area (Å²) in [5.41, 5.74) is 4.79. The van der Waals surface area contributed by atoms with E-state index in [1.165, 1.54) is 18.2 Å². The highest BCUT2D eigenvalue weighted by molar-refractivity contribution is 5.95. The van der Waals surface area contributed by atoms with Crippen LogP contribution in [0, 0.1) is 11.6 Å². The lowest BCUT2D eigenvalue weighted by Crippen LogP contribution is -2.37. The number of hydrogen-bond acceptors (Lipinski definition) is 4. The molecule has 0 saturated carbocycles. The second-order valence-corrected chi connectivity index (χ2v) is 9.42. The Bertz CT molecular complexity index is 1550. The molecule has 1 saturated heterocycles. The summed E-state index contributed by atoms with van der Waals surface area (Å²) in [6.07, 6.45) is 2.80. The van der Waals surface area contributed by atoms with E-state index in [2.05, 4.69) is 9.88 Å². The minimum absolute atomic E-state index is 0.00938. The van der Waals surface area contributed by atoms with E-state index >= 15 is 0 Å². The average molecular weight is 504 g/mol. The topological polar surface area (TPSA) is 59.5 Å². The molecule has 2 aliphatic heterocycles. The van der Waals surface area contributed by atoms with Crippen molar-refractivity contribution in [2.24, 2.45) is 0 Å². The SMILES string of the molecule is O=c1[nH]c2cc(/C=C3/c4ccc(F)cc4OCc4c(F)cccc43)ccc2n1CCCN1CCOCC1. The number of rotatable bonds is 5. The molecular formula is C29H27F2N3O3. The molecule has 0 bridgehead atoms. The van der Waals surface area contributed by atoms with Crippen LogP contribution in [0.2, 0.25) is 0 Å². The maximum Gasteiger partial charge on any atom is 0.326 e. The van der Waals surface area contributed by atoms with Crippen molar-refractivity contribution in [3.63, 3.8) is 0 Å². The predicted molar refractivity (Wildman–Crippen MR) is 139 cm³/mol. The lowest BCUT2D eigenvalue weighted by atomic mass is 9.92. The van der Waals surface area contributed by atoms with Crippen molar-refractivity contribution in [2.45, 2.75) is 19.6 Å². The molecule has 37 heavy (non-hydrogen) atoms. The van der Waals surface area contributed by atoms with Crippen molar-refractivity contribution in [1.29, 1.82) is 0 Å². The number of imidazole rings is 1. The third kappa shape index (κ3) is 4.70. The minimum Gasteiger partial charge on any atom is -0.488 e. The first-order valence-corrected chi connectivity index (χ1v) is 12.5. The summed E-state index contributed by atoms with van der Waals surface area (Å²) in [6, 6.07) is 15.0. The summed E-state index contributed by atoms with van der Waals surface area (Å²) >= 11 is 0. The molecule has 0 unspecified atom stereocenters. The van der Waals surface area contributed by atoms with E-state index in [-0.39, 0.29) is 18.1 Å².